The molecule has 0 aromatic heterocycles. The second-order valence-electron chi connectivity index (χ2n) is 22.6. The molecule has 51 heavy (non-hydrogen) atoms. The van der Waals surface area contributed by atoms with Crippen LogP contribution in [0.1, 0.15) is 195 Å². The minimum absolute atomic E-state index is 0.0527. The monoisotopic (exact) mass is 715 g/mol. The van der Waals surface area contributed by atoms with E-state index >= 15 is 0 Å². The lowest BCUT2D eigenvalue weighted by molar-refractivity contribution is 0.364. The molecule has 0 heterocycles. The van der Waals surface area contributed by atoms with Crippen LogP contribution in [0.15, 0.2) is 24.3 Å². The van der Waals surface area contributed by atoms with Gasteiger partial charge in [-0.15, -0.1) is 0 Å². The topological polar surface area (TPSA) is 49.7 Å². The Bertz CT molecular complexity index is 1700. The van der Waals surface area contributed by atoms with Crippen molar-refractivity contribution in [1.29, 1.82) is 0 Å². The van der Waals surface area contributed by atoms with Gasteiger partial charge < -0.3 is 14.3 Å². The third-order valence-corrected chi connectivity index (χ3v) is 10.9. The molecule has 3 aromatic rings. The Morgan fingerprint density at radius 1 is 0.412 bits per heavy atom. The quantitative estimate of drug-likeness (QED) is 0.203. The largest absolute Gasteiger partial charge is 0.426 e. The molecule has 2 bridgehead atoms. The first-order valence-corrected chi connectivity index (χ1v) is 20.2. The molecule has 0 spiro atoms. The van der Waals surface area contributed by atoms with Crippen LogP contribution in [0.2, 0.25) is 0 Å². The van der Waals surface area contributed by atoms with Crippen molar-refractivity contribution in [3.63, 3.8) is 0 Å². The summed E-state index contributed by atoms with van der Waals surface area (Å²) in [5.41, 5.74) is 14.8. The highest BCUT2D eigenvalue weighted by atomic mass is 31.2. The van der Waals surface area contributed by atoms with Crippen molar-refractivity contribution in [2.24, 2.45) is 0 Å². The van der Waals surface area contributed by atoms with E-state index in [1.807, 2.05) is 0 Å². The van der Waals surface area contributed by atoms with Crippen molar-refractivity contribution >= 4 is 8.60 Å². The van der Waals surface area contributed by atoms with Gasteiger partial charge in [-0.3, -0.25) is 0 Å². The predicted molar refractivity (Wildman–Crippen MR) is 223 cm³/mol. The molecule has 0 saturated heterocycles. The number of benzene rings is 3. The van der Waals surface area contributed by atoms with Gasteiger partial charge in [-0.2, -0.15) is 0 Å². The van der Waals surface area contributed by atoms with Gasteiger partial charge >= 0.3 is 8.60 Å². The van der Waals surface area contributed by atoms with E-state index in [0.717, 1.165) is 17.5 Å². The molecule has 0 saturated carbocycles. The summed E-state index contributed by atoms with van der Waals surface area (Å²) in [6.45, 7) is 48.6. The van der Waals surface area contributed by atoms with Crippen molar-refractivity contribution in [1.82, 2.24) is 0 Å². The van der Waals surface area contributed by atoms with Crippen LogP contribution >= 0.6 is 8.60 Å². The zero-order chi connectivity index (χ0) is 39.4. The number of fused-ring (bicyclic) bond motifs is 6. The molecule has 282 valence electrons. The number of hydrogen-bond donors (Lipinski definition) is 2. The lowest BCUT2D eigenvalue weighted by Gasteiger charge is -2.43. The van der Waals surface area contributed by atoms with Crippen molar-refractivity contribution in [2.75, 3.05) is 0 Å². The summed E-state index contributed by atoms with van der Waals surface area (Å²) < 4.78 is 6.46. The van der Waals surface area contributed by atoms with E-state index < -0.39 is 19.4 Å². The Kier molecular flexibility index (Phi) is 10.4. The van der Waals surface area contributed by atoms with E-state index in [0.29, 0.717) is 5.75 Å². The van der Waals surface area contributed by atoms with Crippen LogP contribution in [0.3, 0.4) is 0 Å². The summed E-state index contributed by atoms with van der Waals surface area (Å²) in [7, 11) is -2.70. The SMILES string of the molecule is CC(C)(C)c1cc2c(c(C(C)(C)C)c1)-c1c(C(C)(C)C)c(OP(O)O)c(C(C)(C)C)c(c1C(C)(C)C)-c1c(cc(C(C)(C)C)cc1C(C)(C)C)C2. The molecular weight excluding hydrogens is 643 g/mol. The van der Waals surface area contributed by atoms with Crippen LogP contribution in [-0.4, -0.2) is 9.79 Å². The molecule has 1 aliphatic rings. The van der Waals surface area contributed by atoms with Gasteiger partial charge in [0.05, 0.1) is 0 Å². The standard InChI is InChI=1S/C47H71O3P/c1-41(2,3)29-23-27-22-28-24-30(42(4,5)6)26-32(44(10,11)12)34(28)36-37(45(13,14)15)35(33(27)31(25-29)43(7,8)9)38(46(16,17)18)40(50-51(48)49)39(36)47(19,20)21/h23-26,48-49H,22H2,1-21H3. The third-order valence-electron chi connectivity index (χ3n) is 10.5. The molecule has 0 aliphatic heterocycles. The minimum Gasteiger partial charge on any atom is -0.426 e. The van der Waals surface area contributed by atoms with Gasteiger partial charge in [-0.25, -0.2) is 0 Å². The molecule has 0 fully saturated rings. The van der Waals surface area contributed by atoms with E-state index in [1.165, 1.54) is 61.2 Å². The van der Waals surface area contributed by atoms with E-state index in [9.17, 15) is 9.79 Å². The molecule has 4 rings (SSSR count). The Morgan fingerprint density at radius 2 is 0.725 bits per heavy atom. The molecule has 2 N–H and O–H groups in total. The summed E-state index contributed by atoms with van der Waals surface area (Å²) >= 11 is 0. The normalized spacial score (nSPS) is 14.7. The van der Waals surface area contributed by atoms with Gasteiger partial charge in [0, 0.05) is 11.1 Å². The lowest BCUT2D eigenvalue weighted by atomic mass is 9.61. The Morgan fingerprint density at radius 3 is 0.961 bits per heavy atom. The fraction of sp³-hybridized carbons (Fsp3) is 0.617. The maximum Gasteiger partial charge on any atom is 0.391 e. The van der Waals surface area contributed by atoms with E-state index in [-0.39, 0.29) is 27.1 Å². The Balaban J connectivity index is 2.66. The first-order valence-electron chi connectivity index (χ1n) is 19.1. The average Bonchev–Trinajstić information content (AvgIpc) is 2.86. The summed E-state index contributed by atoms with van der Waals surface area (Å²) in [4.78, 5) is 21.6. The van der Waals surface area contributed by atoms with Gasteiger partial charge in [0.25, 0.3) is 0 Å². The summed E-state index contributed by atoms with van der Waals surface area (Å²) in [6, 6.07) is 9.91. The maximum atomic E-state index is 10.8. The van der Waals surface area contributed by atoms with Crippen molar-refractivity contribution in [3.8, 4) is 28.0 Å². The van der Waals surface area contributed by atoms with Crippen LogP contribution in [0.25, 0.3) is 22.3 Å². The van der Waals surface area contributed by atoms with Crippen LogP contribution in [0, 0.1) is 0 Å². The van der Waals surface area contributed by atoms with Gasteiger partial charge in [0.1, 0.15) is 5.75 Å². The van der Waals surface area contributed by atoms with Gasteiger partial charge in [-0.1, -0.05) is 170 Å². The molecule has 0 unspecified atom stereocenters. The number of hydrogen-bond acceptors (Lipinski definition) is 3. The molecule has 3 aromatic carbocycles. The number of rotatable bonds is 2. The van der Waals surface area contributed by atoms with Gasteiger partial charge in [-0.05, 0) is 106 Å². The summed E-state index contributed by atoms with van der Waals surface area (Å²) in [5, 5.41) is 0. The highest BCUT2D eigenvalue weighted by Gasteiger charge is 2.44. The zero-order valence-corrected chi connectivity index (χ0v) is 37.2. The first-order chi connectivity index (χ1) is 22.6. The second-order valence-corrected chi connectivity index (χ2v) is 23.3. The molecule has 3 nitrogen and oxygen atoms in total. The van der Waals surface area contributed by atoms with E-state index in [1.54, 1.807) is 0 Å². The van der Waals surface area contributed by atoms with Crippen molar-refractivity contribution in [3.05, 3.63) is 74.3 Å². The fourth-order valence-electron chi connectivity index (χ4n) is 8.11. The summed E-state index contributed by atoms with van der Waals surface area (Å²) in [5.74, 6) is 0.627. The van der Waals surface area contributed by atoms with Gasteiger partial charge in [0.15, 0.2) is 0 Å². The first kappa shape index (κ1) is 41.6. The predicted octanol–water partition coefficient (Wildman–Crippen LogP) is 13.6. The minimum atomic E-state index is -2.70. The van der Waals surface area contributed by atoms with Crippen molar-refractivity contribution < 1.29 is 14.3 Å². The summed E-state index contributed by atoms with van der Waals surface area (Å²) in [6.07, 6.45) is 0.798. The third kappa shape index (κ3) is 8.03. The highest BCUT2D eigenvalue weighted by Crippen LogP contribution is 2.61. The fourth-order valence-corrected chi connectivity index (χ4v) is 8.45. The van der Waals surface area contributed by atoms with Crippen LogP contribution in [0.4, 0.5) is 0 Å². The van der Waals surface area contributed by atoms with Crippen molar-refractivity contribution in [2.45, 2.75) is 190 Å². The highest BCUT2D eigenvalue weighted by molar-refractivity contribution is 7.39. The van der Waals surface area contributed by atoms with E-state index in [4.69, 9.17) is 4.52 Å². The van der Waals surface area contributed by atoms with Crippen LogP contribution < -0.4 is 4.52 Å². The zero-order valence-electron chi connectivity index (χ0n) is 36.3. The van der Waals surface area contributed by atoms with Crippen LogP contribution in [0.5, 0.6) is 5.75 Å². The van der Waals surface area contributed by atoms with Crippen LogP contribution in [-0.2, 0) is 44.3 Å². The Hall–Kier alpha value is -2.19. The molecular formula is C47H71O3P. The van der Waals surface area contributed by atoms with E-state index in [2.05, 4.69) is 170 Å². The average molecular weight is 715 g/mol. The molecule has 4 heteroatoms. The smallest absolute Gasteiger partial charge is 0.391 e. The molecule has 0 amide bonds. The second kappa shape index (κ2) is 12.7. The van der Waals surface area contributed by atoms with Gasteiger partial charge in [0.2, 0.25) is 0 Å². The Labute approximate surface area is 314 Å². The maximum absolute atomic E-state index is 10.8. The molecule has 1 aliphatic carbocycles. The molecule has 0 radical (unpaired) electrons. The lowest BCUT2D eigenvalue weighted by Crippen LogP contribution is -2.30. The molecule has 0 atom stereocenters.